The van der Waals surface area contributed by atoms with E-state index in [0.29, 0.717) is 49.6 Å². The zero-order valence-electron chi connectivity index (χ0n) is 19.5. The van der Waals surface area contributed by atoms with Crippen LogP contribution in [0.25, 0.3) is 10.9 Å². The molecule has 1 fully saturated rings. The molecule has 178 valence electrons. The summed E-state index contributed by atoms with van der Waals surface area (Å²) in [6.07, 6.45) is 4.18. The molecular formula is C26H30N4O3S. The van der Waals surface area contributed by atoms with Crippen LogP contribution in [0.5, 0.6) is 0 Å². The Hall–Kier alpha value is -2.99. The zero-order chi connectivity index (χ0) is 24.1. The first-order valence-corrected chi connectivity index (χ1v) is 13.2. The average molecular weight is 479 g/mol. The van der Waals surface area contributed by atoms with Crippen LogP contribution in [0.15, 0.2) is 59.6 Å². The highest BCUT2D eigenvalue weighted by Gasteiger charge is 2.29. The third-order valence-corrected chi connectivity index (χ3v) is 8.26. The molecule has 0 unspecified atom stereocenters. The number of nitriles is 1. The Morgan fingerprint density at radius 1 is 1.03 bits per heavy atom. The molecule has 1 aliphatic rings. The van der Waals surface area contributed by atoms with Crippen LogP contribution in [0, 0.1) is 11.3 Å². The van der Waals surface area contributed by atoms with Crippen LogP contribution in [0.4, 0.5) is 0 Å². The topological polar surface area (TPSA) is 86.4 Å². The fraction of sp³-hybridized carbons (Fsp3) is 0.385. The second-order valence-electron chi connectivity index (χ2n) is 8.66. The first-order valence-electron chi connectivity index (χ1n) is 11.7. The lowest BCUT2D eigenvalue weighted by Gasteiger charge is -2.33. The van der Waals surface area contributed by atoms with Gasteiger partial charge in [0.15, 0.2) is 5.78 Å². The van der Waals surface area contributed by atoms with Gasteiger partial charge in [0.05, 0.1) is 23.9 Å². The quantitative estimate of drug-likeness (QED) is 0.438. The van der Waals surface area contributed by atoms with E-state index in [1.165, 1.54) is 4.31 Å². The molecule has 0 aliphatic carbocycles. The number of ketones is 1. The fourth-order valence-corrected chi connectivity index (χ4v) is 5.93. The first kappa shape index (κ1) is 24.1. The third kappa shape index (κ3) is 5.07. The Morgan fingerprint density at radius 2 is 1.74 bits per heavy atom. The van der Waals surface area contributed by atoms with Gasteiger partial charge in [-0.15, -0.1) is 0 Å². The van der Waals surface area contributed by atoms with E-state index in [-0.39, 0.29) is 12.3 Å². The van der Waals surface area contributed by atoms with Crippen LogP contribution in [0.2, 0.25) is 0 Å². The molecule has 2 aromatic carbocycles. The second-order valence-corrected chi connectivity index (χ2v) is 10.6. The number of para-hydroxylation sites is 1. The summed E-state index contributed by atoms with van der Waals surface area (Å²) >= 11 is 0. The summed E-state index contributed by atoms with van der Waals surface area (Å²) in [5.74, 6) is 0.00901. The van der Waals surface area contributed by atoms with Crippen molar-refractivity contribution >= 4 is 26.7 Å². The van der Waals surface area contributed by atoms with Gasteiger partial charge in [-0.25, -0.2) is 8.42 Å². The van der Waals surface area contributed by atoms with Crippen LogP contribution < -0.4 is 0 Å². The third-order valence-electron chi connectivity index (χ3n) is 6.35. The molecule has 0 atom stereocenters. The SMILES string of the molecule is CCCc1ccc(S(=O)(=O)N2CCN(CC(=O)c3cn(CCC#N)c4ccccc34)CC2)cc1. The summed E-state index contributed by atoms with van der Waals surface area (Å²) in [5.41, 5.74) is 2.73. The van der Waals surface area contributed by atoms with E-state index in [1.807, 2.05) is 52.1 Å². The van der Waals surface area contributed by atoms with Crippen LogP contribution in [0.3, 0.4) is 0 Å². The van der Waals surface area contributed by atoms with Gasteiger partial charge in [-0.05, 0) is 30.2 Å². The molecule has 0 amide bonds. The van der Waals surface area contributed by atoms with E-state index in [2.05, 4.69) is 13.0 Å². The number of aromatic nitrogens is 1. The normalized spacial score (nSPS) is 15.4. The largest absolute Gasteiger partial charge is 0.346 e. The smallest absolute Gasteiger partial charge is 0.243 e. The lowest BCUT2D eigenvalue weighted by atomic mass is 10.1. The molecule has 0 bridgehead atoms. The number of piperazine rings is 1. The zero-order valence-corrected chi connectivity index (χ0v) is 20.3. The number of nitrogens with zero attached hydrogens (tertiary/aromatic N) is 4. The maximum Gasteiger partial charge on any atom is 0.243 e. The van der Waals surface area contributed by atoms with Crippen molar-refractivity contribution in [2.45, 2.75) is 37.6 Å². The Bertz CT molecular complexity index is 1300. The number of Topliss-reactive ketones (excluding diaryl/α,β-unsaturated/α-hetero) is 1. The van der Waals surface area contributed by atoms with E-state index < -0.39 is 10.0 Å². The van der Waals surface area contributed by atoms with Gasteiger partial charge in [-0.3, -0.25) is 9.69 Å². The molecule has 1 aliphatic heterocycles. The highest BCUT2D eigenvalue weighted by Crippen LogP contribution is 2.23. The number of fused-ring (bicyclic) bond motifs is 1. The van der Waals surface area contributed by atoms with E-state index in [0.717, 1.165) is 29.3 Å². The number of rotatable bonds is 9. The lowest BCUT2D eigenvalue weighted by Crippen LogP contribution is -2.49. The standard InChI is InChI=1S/C26H30N4O3S/c1-2-6-21-9-11-22(12-10-21)34(32,33)30-17-15-28(16-18-30)20-26(31)24-19-29(14-5-13-27)25-8-4-3-7-23(24)25/h3-4,7-12,19H,2,5-6,14-18,20H2,1H3. The number of hydrogen-bond acceptors (Lipinski definition) is 5. The predicted octanol–water partition coefficient (Wildman–Crippen LogP) is 3.70. The second kappa shape index (κ2) is 10.5. The number of aryl methyl sites for hydroxylation is 2. The van der Waals surface area contributed by atoms with Crippen molar-refractivity contribution in [3.05, 3.63) is 65.9 Å². The molecule has 3 aromatic rings. The number of carbonyl (C=O) groups excluding carboxylic acids is 1. The Kier molecular flexibility index (Phi) is 7.47. The Morgan fingerprint density at radius 3 is 2.41 bits per heavy atom. The number of sulfonamides is 1. The summed E-state index contributed by atoms with van der Waals surface area (Å²) in [6, 6.07) is 17.0. The van der Waals surface area contributed by atoms with Gasteiger partial charge in [0.25, 0.3) is 0 Å². The minimum atomic E-state index is -3.54. The van der Waals surface area contributed by atoms with Crippen molar-refractivity contribution in [3.8, 4) is 6.07 Å². The summed E-state index contributed by atoms with van der Waals surface area (Å²) in [5, 5.41) is 9.82. The van der Waals surface area contributed by atoms with Crippen molar-refractivity contribution in [1.82, 2.24) is 13.8 Å². The van der Waals surface area contributed by atoms with Crippen molar-refractivity contribution in [3.63, 3.8) is 0 Å². The molecule has 1 saturated heterocycles. The molecule has 7 nitrogen and oxygen atoms in total. The summed E-state index contributed by atoms with van der Waals surface area (Å²) in [4.78, 5) is 15.5. The molecule has 8 heteroatoms. The van der Waals surface area contributed by atoms with Gasteiger partial charge in [-0.2, -0.15) is 9.57 Å². The highest BCUT2D eigenvalue weighted by atomic mass is 32.2. The molecule has 4 rings (SSSR count). The van der Waals surface area contributed by atoms with E-state index >= 15 is 0 Å². The molecule has 2 heterocycles. The number of hydrogen-bond donors (Lipinski definition) is 0. The maximum atomic E-state index is 13.1. The minimum absolute atomic E-state index is 0.00901. The Labute approximate surface area is 201 Å². The number of carbonyl (C=O) groups is 1. The monoisotopic (exact) mass is 478 g/mol. The van der Waals surface area contributed by atoms with Crippen LogP contribution in [-0.4, -0.2) is 60.7 Å². The van der Waals surface area contributed by atoms with Gasteiger partial charge in [-0.1, -0.05) is 43.7 Å². The maximum absolute atomic E-state index is 13.1. The lowest BCUT2D eigenvalue weighted by molar-refractivity contribution is 0.0903. The fourth-order valence-electron chi connectivity index (χ4n) is 4.51. The van der Waals surface area contributed by atoms with E-state index in [9.17, 15) is 13.2 Å². The average Bonchev–Trinajstić information content (AvgIpc) is 3.22. The molecule has 0 saturated carbocycles. The van der Waals surface area contributed by atoms with Gasteiger partial charge in [0, 0.05) is 55.4 Å². The van der Waals surface area contributed by atoms with E-state index in [4.69, 9.17) is 5.26 Å². The molecule has 34 heavy (non-hydrogen) atoms. The van der Waals surface area contributed by atoms with Gasteiger partial charge >= 0.3 is 0 Å². The van der Waals surface area contributed by atoms with Crippen LogP contribution in [0.1, 0.15) is 35.7 Å². The van der Waals surface area contributed by atoms with Crippen molar-refractivity contribution in [2.75, 3.05) is 32.7 Å². The summed E-state index contributed by atoms with van der Waals surface area (Å²) in [7, 11) is -3.54. The minimum Gasteiger partial charge on any atom is -0.346 e. The molecule has 0 spiro atoms. The van der Waals surface area contributed by atoms with Crippen molar-refractivity contribution in [2.24, 2.45) is 0 Å². The summed E-state index contributed by atoms with van der Waals surface area (Å²) < 4.78 is 29.6. The Balaban J connectivity index is 1.40. The van der Waals surface area contributed by atoms with Crippen LogP contribution >= 0.6 is 0 Å². The van der Waals surface area contributed by atoms with Gasteiger partial charge < -0.3 is 4.57 Å². The molecule has 1 aromatic heterocycles. The first-order chi connectivity index (χ1) is 16.4. The van der Waals surface area contributed by atoms with Crippen LogP contribution in [-0.2, 0) is 23.0 Å². The van der Waals surface area contributed by atoms with Crippen molar-refractivity contribution in [1.29, 1.82) is 5.26 Å². The highest BCUT2D eigenvalue weighted by molar-refractivity contribution is 7.89. The number of benzene rings is 2. The molecule has 0 N–H and O–H groups in total. The summed E-state index contributed by atoms with van der Waals surface area (Å²) in [6.45, 7) is 4.61. The van der Waals surface area contributed by atoms with Gasteiger partial charge in [0.1, 0.15) is 0 Å². The van der Waals surface area contributed by atoms with Gasteiger partial charge in [0.2, 0.25) is 10.0 Å². The van der Waals surface area contributed by atoms with Crippen molar-refractivity contribution < 1.29 is 13.2 Å². The predicted molar refractivity (Wildman–Crippen MR) is 132 cm³/mol. The van der Waals surface area contributed by atoms with E-state index in [1.54, 1.807) is 12.1 Å². The molecular weight excluding hydrogens is 448 g/mol. The molecule has 0 radical (unpaired) electrons.